The molecule has 0 unspecified atom stereocenters. The van der Waals surface area contributed by atoms with E-state index < -0.39 is 6.16 Å². The Morgan fingerprint density at radius 1 is 1.14 bits per heavy atom. The fourth-order valence-electron chi connectivity index (χ4n) is 2.02. The molecule has 2 aromatic carbocycles. The third-order valence-electron chi connectivity index (χ3n) is 3.14. The van der Waals surface area contributed by atoms with Crippen molar-refractivity contribution >= 4 is 22.1 Å². The molecule has 116 valence electrons. The SMILES string of the molecule is COC(=O)Oc1cccc(Br)c1COc1ccc(C)cc1C. The molecule has 0 aliphatic rings. The van der Waals surface area contributed by atoms with Crippen LogP contribution in [0.1, 0.15) is 16.7 Å². The van der Waals surface area contributed by atoms with Crippen molar-refractivity contribution in [2.75, 3.05) is 7.11 Å². The maximum absolute atomic E-state index is 11.3. The molecule has 0 spiro atoms. The summed E-state index contributed by atoms with van der Waals surface area (Å²) in [6, 6.07) is 11.3. The molecule has 0 fully saturated rings. The van der Waals surface area contributed by atoms with E-state index >= 15 is 0 Å². The first kappa shape index (κ1) is 16.4. The highest BCUT2D eigenvalue weighted by Crippen LogP contribution is 2.29. The minimum atomic E-state index is -0.758. The van der Waals surface area contributed by atoms with Crippen LogP contribution in [0.5, 0.6) is 11.5 Å². The van der Waals surface area contributed by atoms with Crippen LogP contribution in [-0.2, 0) is 11.3 Å². The number of hydrogen-bond donors (Lipinski definition) is 0. The Balaban J connectivity index is 2.19. The Morgan fingerprint density at radius 2 is 1.91 bits per heavy atom. The predicted octanol–water partition coefficient (Wildman–Crippen LogP) is 4.79. The molecule has 0 heterocycles. The lowest BCUT2D eigenvalue weighted by atomic mass is 10.1. The summed E-state index contributed by atoms with van der Waals surface area (Å²) in [6.45, 7) is 4.30. The third-order valence-corrected chi connectivity index (χ3v) is 3.88. The number of aryl methyl sites for hydroxylation is 2. The summed E-state index contributed by atoms with van der Waals surface area (Å²) in [5.74, 6) is 1.20. The Morgan fingerprint density at radius 3 is 2.59 bits per heavy atom. The highest BCUT2D eigenvalue weighted by atomic mass is 79.9. The Bertz CT molecular complexity index is 682. The first-order valence-electron chi connectivity index (χ1n) is 6.74. The molecular formula is C17H17BrO4. The number of rotatable bonds is 4. The predicted molar refractivity (Wildman–Crippen MR) is 87.4 cm³/mol. The summed E-state index contributed by atoms with van der Waals surface area (Å²) in [5, 5.41) is 0. The van der Waals surface area contributed by atoms with Gasteiger partial charge in [0.05, 0.1) is 7.11 Å². The van der Waals surface area contributed by atoms with Gasteiger partial charge in [-0.2, -0.15) is 0 Å². The van der Waals surface area contributed by atoms with Gasteiger partial charge in [-0.25, -0.2) is 4.79 Å². The standard InChI is InChI=1S/C17H17BrO4/c1-11-7-8-15(12(2)9-11)21-10-13-14(18)5-4-6-16(13)22-17(19)20-3/h4-9H,10H2,1-3H3. The van der Waals surface area contributed by atoms with Crippen molar-refractivity contribution in [3.8, 4) is 11.5 Å². The van der Waals surface area contributed by atoms with Crippen molar-refractivity contribution in [1.29, 1.82) is 0 Å². The van der Waals surface area contributed by atoms with Crippen molar-refractivity contribution < 1.29 is 19.0 Å². The van der Waals surface area contributed by atoms with Gasteiger partial charge >= 0.3 is 6.16 Å². The summed E-state index contributed by atoms with van der Waals surface area (Å²) < 4.78 is 16.3. The maximum atomic E-state index is 11.3. The molecule has 0 atom stereocenters. The molecule has 22 heavy (non-hydrogen) atoms. The van der Waals surface area contributed by atoms with Crippen LogP contribution in [0.15, 0.2) is 40.9 Å². The van der Waals surface area contributed by atoms with Gasteiger partial charge in [0.25, 0.3) is 0 Å². The van der Waals surface area contributed by atoms with Gasteiger partial charge in [-0.15, -0.1) is 0 Å². The van der Waals surface area contributed by atoms with E-state index in [4.69, 9.17) is 9.47 Å². The van der Waals surface area contributed by atoms with Crippen LogP contribution in [0.4, 0.5) is 4.79 Å². The van der Waals surface area contributed by atoms with Gasteiger partial charge in [0.15, 0.2) is 0 Å². The van der Waals surface area contributed by atoms with Gasteiger partial charge in [0.1, 0.15) is 18.1 Å². The third kappa shape index (κ3) is 4.01. The average Bonchev–Trinajstić information content (AvgIpc) is 2.48. The van der Waals surface area contributed by atoms with Gasteiger partial charge < -0.3 is 14.2 Å². The zero-order chi connectivity index (χ0) is 16.1. The summed E-state index contributed by atoms with van der Waals surface area (Å²) >= 11 is 3.45. The van der Waals surface area contributed by atoms with Gasteiger partial charge in [0, 0.05) is 10.0 Å². The highest BCUT2D eigenvalue weighted by Gasteiger charge is 2.13. The quantitative estimate of drug-likeness (QED) is 0.577. The van der Waals surface area contributed by atoms with Gasteiger partial charge in [0.2, 0.25) is 0 Å². The molecule has 4 nitrogen and oxygen atoms in total. The first-order valence-corrected chi connectivity index (χ1v) is 7.54. The van der Waals surface area contributed by atoms with Gasteiger partial charge in [-0.05, 0) is 37.6 Å². The summed E-state index contributed by atoms with van der Waals surface area (Å²) in [4.78, 5) is 11.3. The second-order valence-corrected chi connectivity index (χ2v) is 5.68. The fourth-order valence-corrected chi connectivity index (χ4v) is 2.48. The summed E-state index contributed by atoms with van der Waals surface area (Å²) in [6.07, 6.45) is -0.758. The van der Waals surface area contributed by atoms with E-state index in [1.165, 1.54) is 12.7 Å². The summed E-state index contributed by atoms with van der Waals surface area (Å²) in [7, 11) is 1.27. The molecule has 0 amide bonds. The van der Waals surface area contributed by atoms with Gasteiger partial charge in [-0.3, -0.25) is 0 Å². The van der Waals surface area contributed by atoms with Gasteiger partial charge in [-0.1, -0.05) is 39.7 Å². The van der Waals surface area contributed by atoms with Crippen LogP contribution in [0, 0.1) is 13.8 Å². The van der Waals surface area contributed by atoms with Crippen molar-refractivity contribution in [3.05, 3.63) is 57.6 Å². The van der Waals surface area contributed by atoms with E-state index in [-0.39, 0.29) is 6.61 Å². The van der Waals surface area contributed by atoms with E-state index in [2.05, 4.69) is 26.7 Å². The lowest BCUT2D eigenvalue weighted by Gasteiger charge is -2.14. The van der Waals surface area contributed by atoms with Crippen molar-refractivity contribution in [2.45, 2.75) is 20.5 Å². The fraction of sp³-hybridized carbons (Fsp3) is 0.235. The molecule has 2 rings (SSSR count). The second-order valence-electron chi connectivity index (χ2n) is 4.83. The highest BCUT2D eigenvalue weighted by molar-refractivity contribution is 9.10. The molecule has 0 aliphatic heterocycles. The lowest BCUT2D eigenvalue weighted by Crippen LogP contribution is -2.10. The average molecular weight is 365 g/mol. The van der Waals surface area contributed by atoms with E-state index in [1.54, 1.807) is 12.1 Å². The topological polar surface area (TPSA) is 44.8 Å². The number of benzene rings is 2. The zero-order valence-electron chi connectivity index (χ0n) is 12.7. The van der Waals surface area contributed by atoms with Crippen LogP contribution < -0.4 is 9.47 Å². The van der Waals surface area contributed by atoms with Crippen LogP contribution in [0.25, 0.3) is 0 Å². The van der Waals surface area contributed by atoms with Crippen molar-refractivity contribution in [2.24, 2.45) is 0 Å². The van der Waals surface area contributed by atoms with E-state index in [1.807, 2.05) is 32.0 Å². The van der Waals surface area contributed by atoms with E-state index in [9.17, 15) is 4.79 Å². The Kier molecular flexibility index (Phi) is 5.44. The normalized spacial score (nSPS) is 10.2. The van der Waals surface area contributed by atoms with Crippen molar-refractivity contribution in [3.63, 3.8) is 0 Å². The minimum absolute atomic E-state index is 0.275. The maximum Gasteiger partial charge on any atom is 0.513 e. The van der Waals surface area contributed by atoms with Crippen LogP contribution >= 0.6 is 15.9 Å². The number of hydrogen-bond acceptors (Lipinski definition) is 4. The molecule has 0 bridgehead atoms. The lowest BCUT2D eigenvalue weighted by molar-refractivity contribution is 0.120. The molecule has 0 aromatic heterocycles. The minimum Gasteiger partial charge on any atom is -0.488 e. The Labute approximate surface area is 138 Å². The first-order chi connectivity index (χ1) is 10.5. The summed E-state index contributed by atoms with van der Waals surface area (Å²) in [5.41, 5.74) is 2.98. The molecule has 2 aromatic rings. The van der Waals surface area contributed by atoms with E-state index in [0.29, 0.717) is 5.75 Å². The number of halogens is 1. The zero-order valence-corrected chi connectivity index (χ0v) is 14.3. The molecule has 0 aliphatic carbocycles. The monoisotopic (exact) mass is 364 g/mol. The molecule has 0 N–H and O–H groups in total. The molecule has 0 saturated carbocycles. The molecule has 0 radical (unpaired) electrons. The number of ether oxygens (including phenoxy) is 3. The van der Waals surface area contributed by atoms with Crippen LogP contribution in [0.2, 0.25) is 0 Å². The smallest absolute Gasteiger partial charge is 0.488 e. The number of carbonyl (C=O) groups is 1. The number of methoxy groups -OCH3 is 1. The number of carbonyl (C=O) groups excluding carboxylic acids is 1. The molecular weight excluding hydrogens is 348 g/mol. The molecule has 0 saturated heterocycles. The Hall–Kier alpha value is -2.01. The van der Waals surface area contributed by atoms with Crippen LogP contribution in [-0.4, -0.2) is 13.3 Å². The largest absolute Gasteiger partial charge is 0.513 e. The molecule has 5 heteroatoms. The van der Waals surface area contributed by atoms with Crippen molar-refractivity contribution in [1.82, 2.24) is 0 Å². The second kappa shape index (κ2) is 7.31. The van der Waals surface area contributed by atoms with Crippen LogP contribution in [0.3, 0.4) is 0 Å². The van der Waals surface area contributed by atoms with E-state index in [0.717, 1.165) is 21.3 Å².